The van der Waals surface area contributed by atoms with Crippen molar-refractivity contribution in [2.45, 2.75) is 205 Å². The highest BCUT2D eigenvalue weighted by Gasteiger charge is 2.57. The second kappa shape index (κ2) is 40.7. The number of alkyl halides is 4. The van der Waals surface area contributed by atoms with Gasteiger partial charge in [-0.25, -0.2) is 118 Å². The number of hydrogen-bond donors (Lipinski definition) is 3. The van der Waals surface area contributed by atoms with Crippen molar-refractivity contribution < 1.29 is 87.5 Å². The van der Waals surface area contributed by atoms with Crippen LogP contribution in [0.15, 0.2) is 81.0 Å². The molecule has 2 bridgehead atoms. The maximum Gasteiger partial charge on any atom is 0.333 e. The van der Waals surface area contributed by atoms with Gasteiger partial charge in [0.15, 0.2) is 96.5 Å². The minimum atomic E-state index is -3.26. The standard InChI is InChI=1S/C35H38BF2N11O8P2.C25H31BF2N9O7P.C13H31N2P/c1-20-27-32(43-16-41-20)49(19-45-27)35-26(38)30-24(55-35)15-52-58(51-11-6-9-39)56-29-23(13-22(25(29)37)14-54-59(36,57-30)53-12-10-40-2)48-18-46-28-31(42-17-44-33(28)48)47-34(50)21-7-4-3-5-8-21;1-12-18-22(32-8-30-12)36(10-34-18)24-17(28)21(14(6-38)42-24)44-45(26,40-5-4-29-3)41-7-15-16(27)20(39)25(43-15)37-11-35-19-13(2)31-9-33-23(19)37;1-10(2)14(11(3)4)16(9)15(12(5)6)13(7)8/h3-5,7-8,16-19,22-26,29-30,35H,6,10-15H2,1,36H3,(H,42,44,47,50);8-11,14-17,20-21,24-25,38-39H,4-7H2,1-2,26H3;10-13H,1-9H3/t22-,23-,24-,25+,26-,29+,30-,35-,58?,59?;14-,15?,16+,17+,20?,21?,24-,25?,45?;/m11./s1. The van der Waals surface area contributed by atoms with E-state index in [2.05, 4.69) is 146 Å². The topological polar surface area (TPSA) is 394 Å². The molecule has 14 rings (SSSR count). The molecule has 12 heterocycles. The van der Waals surface area contributed by atoms with Crippen LogP contribution in [-0.2, 0) is 54.9 Å². The van der Waals surface area contributed by atoms with Crippen molar-refractivity contribution >= 4 is 104 Å². The average Bonchev–Trinajstić information content (AvgIpc) is 1.62. The van der Waals surface area contributed by atoms with E-state index in [9.17, 15) is 20.3 Å². The van der Waals surface area contributed by atoms with Gasteiger partial charge in [-0.05, 0) is 101 Å². The molecule has 1 saturated carbocycles. The highest BCUT2D eigenvalue weighted by Crippen LogP contribution is 2.63. The van der Waals surface area contributed by atoms with E-state index in [1.54, 1.807) is 55.7 Å². The number of hydrogen-bond acceptors (Lipinski definition) is 30. The van der Waals surface area contributed by atoms with Crippen LogP contribution >= 0.6 is 32.5 Å². The Morgan fingerprint density at radius 2 is 1.22 bits per heavy atom. The number of nitrogens with one attached hydrogen (secondary N) is 1. The number of aromatic nitrogens is 16. The average molecular weight is 1750 g/mol. The number of aliphatic hydroxyl groups is 2. The third-order valence-electron chi connectivity index (χ3n) is 19.8. The maximum atomic E-state index is 16.9. The fourth-order valence-electron chi connectivity index (χ4n) is 14.6. The molecule has 9 aromatic rings. The Kier molecular flexibility index (Phi) is 31.1. The van der Waals surface area contributed by atoms with E-state index < -0.39 is 150 Å². The van der Waals surface area contributed by atoms with Crippen LogP contribution in [-0.4, -0.2) is 276 Å². The van der Waals surface area contributed by atoms with Crippen molar-refractivity contribution in [2.24, 2.45) is 5.92 Å². The molecule has 646 valence electrons. The molecule has 7 unspecified atom stereocenters. The third-order valence-corrected chi connectivity index (χ3v) is 26.5. The van der Waals surface area contributed by atoms with Gasteiger partial charge in [0.2, 0.25) is 43.9 Å². The van der Waals surface area contributed by atoms with Gasteiger partial charge in [-0.1, -0.05) is 18.2 Å². The van der Waals surface area contributed by atoms with Gasteiger partial charge >= 0.3 is 8.60 Å². The fraction of sp³-hybridized carbons (Fsp3) is 0.589. The van der Waals surface area contributed by atoms with E-state index in [0.29, 0.717) is 86.0 Å². The highest BCUT2D eigenvalue weighted by atomic mass is 31.2. The molecule has 0 radical (unpaired) electrons. The summed E-state index contributed by atoms with van der Waals surface area (Å²) in [6, 6.07) is 12.4. The molecular formula is C73H100B2F4N22O15P4. The Hall–Kier alpha value is -7.71. The number of fused-ring (bicyclic) bond motifs is 7. The first-order valence-corrected chi connectivity index (χ1v) is 43.1. The minimum Gasteiger partial charge on any atom is -0.394 e. The summed E-state index contributed by atoms with van der Waals surface area (Å²) in [7, 11) is -11.2. The molecule has 8 aromatic heterocycles. The number of aryl methyl sites for hydroxylation is 3. The molecule has 1 aliphatic carbocycles. The van der Waals surface area contributed by atoms with Crippen molar-refractivity contribution in [2.75, 3.05) is 71.3 Å². The van der Waals surface area contributed by atoms with E-state index >= 15 is 17.6 Å². The maximum absolute atomic E-state index is 16.9. The van der Waals surface area contributed by atoms with Gasteiger partial charge in [-0.15, -0.1) is 0 Å². The SMILES string of the molecule is CC(C)N(C(C)C)P(C)N(C(C)C)C(C)C.[BH3-][P+](OCC[N+]#[C-])(OCC1OC(n2cnc3c(C)ncnc32)C(O)[C@H]1F)OC1[C@@H](CO)O[C@@H](n2cnc3c(C)ncnc32)[C@H]1F.[BH3-][P+]1(OCC[N+]#[C-])OC[C@H]2C[C@@H](n3cnc4c(NC(=O)c5ccccc5)ncnc43)[C@H](OP(OCCC#N)OC[C@H]3O[C@@H](n4cnc5c(C)ncnc54)[C@H](F)[C@@H]3O1)[C@H]2F. The van der Waals surface area contributed by atoms with Crippen LogP contribution in [0.3, 0.4) is 0 Å². The lowest BCUT2D eigenvalue weighted by atomic mass is 10.1. The number of nitriles is 1. The van der Waals surface area contributed by atoms with Crippen LogP contribution in [0.25, 0.3) is 54.3 Å². The summed E-state index contributed by atoms with van der Waals surface area (Å²) in [4.78, 5) is 71.0. The first-order chi connectivity index (χ1) is 57.5. The fourth-order valence-corrected chi connectivity index (χ4v) is 21.0. The molecule has 120 heavy (non-hydrogen) atoms. The quantitative estimate of drug-likeness (QED) is 0.0142. The van der Waals surface area contributed by atoms with E-state index in [0.717, 1.165) is 0 Å². The molecule has 19 atom stereocenters. The van der Waals surface area contributed by atoms with Crippen LogP contribution in [0.2, 0.25) is 0 Å². The van der Waals surface area contributed by atoms with E-state index in [1.165, 1.54) is 64.3 Å². The number of rotatable bonds is 27. The zero-order valence-corrected chi connectivity index (χ0v) is 70.3. The molecule has 4 aliphatic heterocycles. The van der Waals surface area contributed by atoms with Crippen molar-refractivity contribution in [3.8, 4) is 6.07 Å². The lowest BCUT2D eigenvalue weighted by molar-refractivity contribution is -0.0551. The van der Waals surface area contributed by atoms with Crippen LogP contribution in [0, 0.1) is 51.2 Å². The Morgan fingerprint density at radius 1 is 0.692 bits per heavy atom. The summed E-state index contributed by atoms with van der Waals surface area (Å²) < 4.78 is 150. The van der Waals surface area contributed by atoms with Crippen molar-refractivity contribution in [1.29, 1.82) is 5.26 Å². The zero-order chi connectivity index (χ0) is 86.0. The molecule has 1 amide bonds. The molecule has 5 aliphatic rings. The van der Waals surface area contributed by atoms with Gasteiger partial charge in [-0.3, -0.25) is 27.8 Å². The van der Waals surface area contributed by atoms with Gasteiger partial charge in [0.1, 0.15) is 85.2 Å². The van der Waals surface area contributed by atoms with Crippen molar-refractivity contribution in [3.05, 3.63) is 126 Å². The van der Waals surface area contributed by atoms with Crippen LogP contribution in [0.5, 0.6) is 0 Å². The second-order valence-corrected chi connectivity index (χ2v) is 34.4. The number of carbonyl (C=O) groups is 1. The monoisotopic (exact) mass is 1750 g/mol. The van der Waals surface area contributed by atoms with Gasteiger partial charge in [0, 0.05) is 43.9 Å². The second-order valence-electron chi connectivity index (χ2n) is 29.0. The summed E-state index contributed by atoms with van der Waals surface area (Å²) in [5.41, 5.74) is 5.32. The first kappa shape index (κ1) is 91.5. The molecular weight excluding hydrogens is 1650 g/mol. The summed E-state index contributed by atoms with van der Waals surface area (Å²) in [6.07, 6.45) is -8.40. The van der Waals surface area contributed by atoms with E-state index in [1.807, 2.05) is 6.07 Å². The van der Waals surface area contributed by atoms with Gasteiger partial charge in [0.25, 0.3) is 5.91 Å². The molecule has 0 spiro atoms. The predicted octanol–water partition coefficient (Wildman–Crippen LogP) is 8.97. The molecule has 37 nitrogen and oxygen atoms in total. The first-order valence-electron chi connectivity index (χ1n) is 38.2. The Balaban J connectivity index is 0.000000191. The molecule has 5 fully saturated rings. The number of ether oxygens (including phenoxy) is 3. The van der Waals surface area contributed by atoms with Gasteiger partial charge in [0.05, 0.1) is 87.4 Å². The van der Waals surface area contributed by atoms with Crippen molar-refractivity contribution in [3.63, 3.8) is 0 Å². The number of imidazole rings is 4. The number of nitrogens with zero attached hydrogens (tertiary/aromatic N) is 21. The molecule has 1 aromatic carbocycles. The Bertz CT molecular complexity index is 5040. The normalized spacial score (nSPS) is 27.6. The smallest absolute Gasteiger partial charge is 0.333 e. The number of aliphatic hydroxyl groups excluding tert-OH is 2. The lowest BCUT2D eigenvalue weighted by Crippen LogP contribution is -2.42. The zero-order valence-electron chi connectivity index (χ0n) is 66.7. The van der Waals surface area contributed by atoms with Gasteiger partial charge in [-0.2, -0.15) is 5.26 Å². The largest absolute Gasteiger partial charge is 0.394 e. The van der Waals surface area contributed by atoms with Gasteiger partial charge < -0.3 is 57.6 Å². The van der Waals surface area contributed by atoms with Crippen LogP contribution in [0.1, 0.15) is 120 Å². The number of amides is 1. The molecule has 47 heteroatoms. The summed E-state index contributed by atoms with van der Waals surface area (Å²) >= 11 is 0. The van der Waals surface area contributed by atoms with Crippen LogP contribution < -0.4 is 5.32 Å². The number of anilines is 1. The lowest BCUT2D eigenvalue weighted by Gasteiger charge is -2.45. The number of benzene rings is 1. The predicted molar refractivity (Wildman–Crippen MR) is 443 cm³/mol. The van der Waals surface area contributed by atoms with E-state index in [4.69, 9.17) is 68.1 Å². The summed E-state index contributed by atoms with van der Waals surface area (Å²) in [5.74, 6) is -1.04. The minimum absolute atomic E-state index is 0.00554. The third kappa shape index (κ3) is 20.4. The number of halogens is 4. The highest BCUT2D eigenvalue weighted by molar-refractivity contribution is 7.86. The Morgan fingerprint density at radius 3 is 1.77 bits per heavy atom. The van der Waals surface area contributed by atoms with Crippen LogP contribution in [0.4, 0.5) is 23.4 Å². The Labute approximate surface area is 696 Å². The summed E-state index contributed by atoms with van der Waals surface area (Å²) in [6.45, 7) is 38.9. The number of carbonyl (C=O) groups excluding carboxylic acids is 1. The van der Waals surface area contributed by atoms with Crippen molar-refractivity contribution in [1.82, 2.24) is 87.4 Å². The van der Waals surface area contributed by atoms with E-state index in [-0.39, 0.29) is 85.1 Å². The molecule has 3 N–H and O–H groups in total. The molecule has 4 saturated heterocycles. The summed E-state index contributed by atoms with van der Waals surface area (Å²) in [5, 5.41) is 32.9.